The van der Waals surface area contributed by atoms with E-state index < -0.39 is 52.3 Å². The molecule has 0 radical (unpaired) electrons. The van der Waals surface area contributed by atoms with Crippen molar-refractivity contribution in [3.63, 3.8) is 0 Å². The van der Waals surface area contributed by atoms with Crippen LogP contribution in [0.5, 0.6) is 0 Å². The first kappa shape index (κ1) is 61.7. The molecule has 17 nitrogen and oxygen atoms in total. The minimum atomic E-state index is -1.27. The van der Waals surface area contributed by atoms with Crippen LogP contribution in [0.2, 0.25) is 0 Å². The van der Waals surface area contributed by atoms with Crippen LogP contribution in [-0.2, 0) is 66.1 Å². The third-order valence-corrected chi connectivity index (χ3v) is 23.4. The molecule has 2 N–H and O–H groups in total. The number of carbonyl (C=O) groups excluding carboxylic acids is 4. The number of amides is 3. The van der Waals surface area contributed by atoms with E-state index in [-0.39, 0.29) is 60.3 Å². The van der Waals surface area contributed by atoms with E-state index in [9.17, 15) is 14.1 Å². The molecule has 9 aliphatic rings. The number of esters is 1. The highest BCUT2D eigenvalue weighted by Gasteiger charge is 2.68. The summed E-state index contributed by atoms with van der Waals surface area (Å²) in [6.07, 6.45) is 13.5. The Hall–Kier alpha value is -5.15. The van der Waals surface area contributed by atoms with Crippen molar-refractivity contribution in [3.8, 4) is 22.4 Å². The maximum Gasteiger partial charge on any atom is 0.324 e. The molecule has 2 aliphatic carbocycles. The van der Waals surface area contributed by atoms with E-state index in [0.717, 1.165) is 128 Å². The number of fused-ring (bicyclic) bond motifs is 7. The summed E-state index contributed by atoms with van der Waals surface area (Å²) in [4.78, 5) is 74.5. The highest BCUT2D eigenvalue weighted by atomic mass is 32.2. The summed E-state index contributed by atoms with van der Waals surface area (Å²) in [6, 6.07) is 12.5. The van der Waals surface area contributed by atoms with E-state index in [2.05, 4.69) is 88.0 Å². The minimum Gasteiger partial charge on any atom is -0.597 e. The summed E-state index contributed by atoms with van der Waals surface area (Å²) in [6.45, 7) is 21.5. The second-order valence-electron chi connectivity index (χ2n) is 29.5. The monoisotopic (exact) mass is 1230 g/mol. The molecule has 3 amide bonds. The average molecular weight is 1230 g/mol. The molecule has 10 atom stereocenters. The first-order valence-electron chi connectivity index (χ1n) is 33.4. The first-order valence-corrected chi connectivity index (χ1v) is 34.5. The predicted molar refractivity (Wildman–Crippen MR) is 341 cm³/mol. The molecular weight excluding hydrogens is 1130 g/mol. The number of alkyl halides is 1. The number of aryl methyl sites for hydroxylation is 1. The number of pyridine rings is 1. The Kier molecular flexibility index (Phi) is 17.2. The number of aromatic nitrogens is 2. The number of hydrogen-bond donors (Lipinski definition) is 2. The van der Waals surface area contributed by atoms with Gasteiger partial charge in [-0.05, 0) is 182 Å². The van der Waals surface area contributed by atoms with Crippen LogP contribution in [0.1, 0.15) is 154 Å². The molecule has 6 saturated heterocycles. The summed E-state index contributed by atoms with van der Waals surface area (Å²) < 4.78 is 45.5. The Morgan fingerprint density at radius 2 is 1.72 bits per heavy atom. The number of ether oxygens (including phenoxy) is 2. The van der Waals surface area contributed by atoms with Gasteiger partial charge in [0.05, 0.1) is 48.1 Å². The van der Waals surface area contributed by atoms with Crippen LogP contribution in [0.25, 0.3) is 33.3 Å². The van der Waals surface area contributed by atoms with Gasteiger partial charge in [0.15, 0.2) is 6.04 Å². The van der Waals surface area contributed by atoms with Crippen LogP contribution in [0.4, 0.5) is 10.1 Å². The Bertz CT molecular complexity index is 3310. The average Bonchev–Trinajstić information content (AvgIpc) is 1.78. The lowest BCUT2D eigenvalue weighted by Crippen LogP contribution is -2.62. The van der Waals surface area contributed by atoms with Gasteiger partial charge in [0.1, 0.15) is 23.5 Å². The second kappa shape index (κ2) is 24.5. The van der Waals surface area contributed by atoms with Crippen LogP contribution in [-0.4, -0.2) is 175 Å². The van der Waals surface area contributed by atoms with Gasteiger partial charge < -0.3 is 33.7 Å². The first-order chi connectivity index (χ1) is 42.2. The van der Waals surface area contributed by atoms with Crippen LogP contribution < -0.4 is 15.6 Å². The van der Waals surface area contributed by atoms with Gasteiger partial charge in [-0.15, -0.1) is 4.31 Å². The topological polar surface area (TPSA) is 171 Å². The number of anilines is 1. The highest BCUT2D eigenvalue weighted by Crippen LogP contribution is 2.52. The molecule has 2 saturated carbocycles. The van der Waals surface area contributed by atoms with Crippen LogP contribution in [0.15, 0.2) is 48.7 Å². The van der Waals surface area contributed by atoms with Gasteiger partial charge in [0, 0.05) is 111 Å². The summed E-state index contributed by atoms with van der Waals surface area (Å²) in [5, 5.41) is 5.90. The fourth-order valence-electron chi connectivity index (χ4n) is 16.6. The Morgan fingerprint density at radius 1 is 0.932 bits per heavy atom. The lowest BCUT2D eigenvalue weighted by Gasteiger charge is -2.39. The summed E-state index contributed by atoms with van der Waals surface area (Å²) in [5.74, 6) is -0.395. The van der Waals surface area contributed by atoms with Crippen LogP contribution in [0, 0.1) is 22.7 Å². The van der Waals surface area contributed by atoms with Crippen molar-refractivity contribution < 1.29 is 37.6 Å². The SMILES string of the molecule is CCn1c(-c2cc(N3CCN4CCC[C@@H]4C3)cnc2[C@H](C)OC)c2c3cc(ccc31)-c1cc(CF)cc(c1)C[C@H](NC(=O)[C@H](C1CCCC1)N1CC[C@]3(CCN(C(=O)[C@H]4[C@@H](C5CC5)N4[S@+]([O-])C(C)(C)C)C3)C1)C(=O)N1CCC[C@H](N1)C(=O)OCC(C)(C)C2. The quantitative estimate of drug-likeness (QED) is 0.0740. The van der Waals surface area contributed by atoms with Gasteiger partial charge in [0.25, 0.3) is 5.91 Å². The van der Waals surface area contributed by atoms with Crippen molar-refractivity contribution in [2.45, 2.75) is 199 Å². The molecule has 9 heterocycles. The van der Waals surface area contributed by atoms with Crippen LogP contribution in [0.3, 0.4) is 0 Å². The molecule has 19 heteroatoms. The number of rotatable bonds is 13. The lowest BCUT2D eigenvalue weighted by atomic mass is 9.84. The molecule has 476 valence electrons. The van der Waals surface area contributed by atoms with Gasteiger partial charge in [-0.1, -0.05) is 44.9 Å². The number of nitrogens with zero attached hydrogens (tertiary/aromatic N) is 8. The summed E-state index contributed by atoms with van der Waals surface area (Å²) in [5.41, 5.74) is 11.6. The smallest absolute Gasteiger partial charge is 0.324 e. The van der Waals surface area contributed by atoms with E-state index in [4.69, 9.17) is 14.5 Å². The number of hydrogen-bond acceptors (Lipinski definition) is 13. The fourth-order valence-corrected chi connectivity index (χ4v) is 18.2. The molecular formula is C69H95FN10O7S. The Labute approximate surface area is 523 Å². The standard InChI is InChI=1S/C69H95FN10O7S/c1-9-78-57-21-20-48-34-52(57)54(61(78)53-35-51(38-71-58(53)43(2)86-8)75-29-28-74-24-12-16-50(74)39-75)36-68(6,7)42-87-66(84)55-17-13-25-79(73-55)64(82)56(33-44-30-45(37-70)32-49(48)31-44)72-63(81)60(46-14-10-11-15-46)76-26-22-69(40-76)23-27-77(41-69)65(83)62-59(47-18-19-47)80(62)88(85)67(3,4)5/h20-21,30-32,34-35,38,43,46-47,50,55-56,59-60,62,73H,9-19,22-29,33,36-37,39-42H2,1-8H3,(H,72,81)/t43-,50+,55-,56-,59+,60-,62+,69-,80?,88+/m0/s1. The van der Waals surface area contributed by atoms with Gasteiger partial charge in [-0.25, -0.2) is 9.82 Å². The zero-order chi connectivity index (χ0) is 61.6. The molecule has 2 aromatic heterocycles. The molecule has 88 heavy (non-hydrogen) atoms. The Morgan fingerprint density at radius 3 is 2.47 bits per heavy atom. The van der Waals surface area contributed by atoms with E-state index in [1.165, 1.54) is 17.9 Å². The van der Waals surface area contributed by atoms with Gasteiger partial charge in [0.2, 0.25) is 11.8 Å². The molecule has 1 unspecified atom stereocenters. The maximum atomic E-state index is 15.5. The van der Waals surface area contributed by atoms with Crippen molar-refractivity contribution in [2.75, 3.05) is 77.5 Å². The van der Waals surface area contributed by atoms with Crippen molar-refractivity contribution >= 4 is 51.6 Å². The van der Waals surface area contributed by atoms with E-state index >= 15 is 14.0 Å². The summed E-state index contributed by atoms with van der Waals surface area (Å²) >= 11 is -1.27. The number of piperazine rings is 1. The number of cyclic esters (lactones) is 1. The molecule has 7 aliphatic heterocycles. The molecule has 1 spiro atoms. The zero-order valence-corrected chi connectivity index (χ0v) is 54.2. The van der Waals surface area contributed by atoms with E-state index in [0.29, 0.717) is 81.6 Å². The van der Waals surface area contributed by atoms with E-state index in [1.807, 2.05) is 48.3 Å². The number of halogens is 1. The number of benzene rings is 2. The molecule has 4 aromatic rings. The van der Waals surface area contributed by atoms with Gasteiger partial charge in [-0.3, -0.25) is 39.0 Å². The van der Waals surface area contributed by atoms with E-state index in [1.54, 1.807) is 7.11 Å². The normalized spacial score (nSPS) is 29.1. The second-order valence-corrected chi connectivity index (χ2v) is 31.6. The third-order valence-electron chi connectivity index (χ3n) is 21.5. The zero-order valence-electron chi connectivity index (χ0n) is 53.4. The van der Waals surface area contributed by atoms with Crippen molar-refractivity contribution in [1.29, 1.82) is 0 Å². The van der Waals surface area contributed by atoms with Gasteiger partial charge in [-0.2, -0.15) is 0 Å². The van der Waals surface area contributed by atoms with Gasteiger partial charge >= 0.3 is 5.97 Å². The number of hydrazine groups is 1. The number of carbonyl (C=O) groups is 4. The predicted octanol–water partition coefficient (Wildman–Crippen LogP) is 8.91. The number of likely N-dealkylation sites (tertiary alicyclic amines) is 2. The fraction of sp³-hybridized carbons (Fsp3) is 0.667. The van der Waals surface area contributed by atoms with Crippen molar-refractivity contribution in [1.82, 2.24) is 44.3 Å². The Balaban J connectivity index is 0.833. The van der Waals surface area contributed by atoms with Crippen LogP contribution >= 0.6 is 0 Å². The minimum absolute atomic E-state index is 0.0452. The molecule has 13 rings (SSSR count). The summed E-state index contributed by atoms with van der Waals surface area (Å²) in [7, 11) is 1.73. The number of nitrogens with one attached hydrogen (secondary N) is 2. The lowest BCUT2D eigenvalue weighted by molar-refractivity contribution is -0.155. The van der Waals surface area contributed by atoms with Crippen molar-refractivity contribution in [2.24, 2.45) is 22.7 Å². The highest BCUT2D eigenvalue weighted by molar-refractivity contribution is 7.90. The molecule has 6 bridgehead atoms. The molecule has 2 aromatic carbocycles. The number of methoxy groups -OCH3 is 1. The third kappa shape index (κ3) is 12.0. The maximum absolute atomic E-state index is 15.5. The molecule has 8 fully saturated rings. The van der Waals surface area contributed by atoms with Crippen molar-refractivity contribution in [3.05, 3.63) is 71.0 Å². The largest absolute Gasteiger partial charge is 0.597 e.